The molecular weight excluding hydrogens is 201 g/mol. The minimum Gasteiger partial charge on any atom is -0.494 e. The maximum Gasteiger partial charge on any atom is 0.276 e. The Bertz CT molecular complexity index is 390. The second kappa shape index (κ2) is 4.25. The number of nitrogens with zero attached hydrogens (tertiary/aromatic N) is 1. The van der Waals surface area contributed by atoms with Gasteiger partial charge in [0.15, 0.2) is 11.6 Å². The van der Waals surface area contributed by atoms with Crippen LogP contribution in [-0.2, 0) is 0 Å². The Morgan fingerprint density at radius 2 is 2.07 bits per heavy atom. The summed E-state index contributed by atoms with van der Waals surface area (Å²) in [5.41, 5.74) is 0.265. The number of hydrogen-bond donors (Lipinski definition) is 0. The topological polar surface area (TPSA) is 52.4 Å². The molecule has 1 rings (SSSR count). The average molecular weight is 213 g/mol. The van der Waals surface area contributed by atoms with E-state index in [1.165, 1.54) is 13.2 Å². The van der Waals surface area contributed by atoms with Crippen LogP contribution in [0.5, 0.6) is 5.75 Å². The molecule has 15 heavy (non-hydrogen) atoms. The molecule has 1 aromatic rings. The Kier molecular flexibility index (Phi) is 3.24. The lowest BCUT2D eigenvalue weighted by molar-refractivity contribution is -0.385. The van der Waals surface area contributed by atoms with E-state index in [0.29, 0.717) is 5.56 Å². The summed E-state index contributed by atoms with van der Waals surface area (Å²) in [5, 5.41) is 10.7. The number of hydrogen-bond acceptors (Lipinski definition) is 3. The van der Waals surface area contributed by atoms with Gasteiger partial charge < -0.3 is 4.74 Å². The van der Waals surface area contributed by atoms with Gasteiger partial charge in [0.25, 0.3) is 5.69 Å². The van der Waals surface area contributed by atoms with Crippen LogP contribution in [-0.4, -0.2) is 12.0 Å². The van der Waals surface area contributed by atoms with Crippen LogP contribution >= 0.6 is 0 Å². The smallest absolute Gasteiger partial charge is 0.276 e. The molecule has 0 aliphatic rings. The first-order chi connectivity index (χ1) is 6.97. The highest BCUT2D eigenvalue weighted by Crippen LogP contribution is 2.32. The highest BCUT2D eigenvalue weighted by molar-refractivity contribution is 5.47. The first-order valence-electron chi connectivity index (χ1n) is 4.49. The first-order valence-corrected chi connectivity index (χ1v) is 4.49. The molecule has 0 bridgehead atoms. The molecule has 4 nitrogen and oxygen atoms in total. The lowest BCUT2D eigenvalue weighted by Crippen LogP contribution is -2.00. The van der Waals surface area contributed by atoms with Crippen LogP contribution in [0.4, 0.5) is 10.1 Å². The van der Waals surface area contributed by atoms with Gasteiger partial charge in [-0.3, -0.25) is 10.1 Å². The fourth-order valence-electron chi connectivity index (χ4n) is 1.34. The molecule has 0 saturated heterocycles. The van der Waals surface area contributed by atoms with Crippen molar-refractivity contribution in [3.8, 4) is 5.75 Å². The summed E-state index contributed by atoms with van der Waals surface area (Å²) in [5.74, 6) is -0.738. The molecule has 0 fully saturated rings. The molecular formula is C10H12FNO3. The quantitative estimate of drug-likeness (QED) is 0.573. The standard InChI is InChI=1S/C10H12FNO3/c1-6(2)7-4-10(15-3)8(11)5-9(7)12(13)14/h4-6H,1-3H3. The van der Waals surface area contributed by atoms with Crippen molar-refractivity contribution >= 4 is 5.69 Å². The largest absolute Gasteiger partial charge is 0.494 e. The molecule has 1 aromatic carbocycles. The number of benzene rings is 1. The van der Waals surface area contributed by atoms with Crippen LogP contribution in [0.15, 0.2) is 12.1 Å². The molecule has 82 valence electrons. The van der Waals surface area contributed by atoms with E-state index in [9.17, 15) is 14.5 Å². The summed E-state index contributed by atoms with van der Waals surface area (Å²) >= 11 is 0. The van der Waals surface area contributed by atoms with Crippen molar-refractivity contribution in [2.24, 2.45) is 0 Å². The SMILES string of the molecule is COc1cc(C(C)C)c([N+](=O)[O-])cc1F. The first kappa shape index (κ1) is 11.4. The van der Waals surface area contributed by atoms with Gasteiger partial charge in [-0.15, -0.1) is 0 Å². The molecule has 0 atom stereocenters. The maximum atomic E-state index is 13.2. The van der Waals surface area contributed by atoms with E-state index in [1.54, 1.807) is 13.8 Å². The van der Waals surface area contributed by atoms with Gasteiger partial charge in [-0.05, 0) is 12.0 Å². The molecule has 0 unspecified atom stereocenters. The van der Waals surface area contributed by atoms with E-state index in [2.05, 4.69) is 0 Å². The highest BCUT2D eigenvalue weighted by Gasteiger charge is 2.20. The predicted octanol–water partition coefficient (Wildman–Crippen LogP) is 2.87. The van der Waals surface area contributed by atoms with Gasteiger partial charge >= 0.3 is 0 Å². The molecule has 0 N–H and O–H groups in total. The molecule has 0 aliphatic heterocycles. The zero-order valence-corrected chi connectivity index (χ0v) is 8.78. The molecule has 0 aromatic heterocycles. The molecule has 0 heterocycles. The molecule has 5 heteroatoms. The molecule has 0 amide bonds. The normalized spacial score (nSPS) is 10.5. The average Bonchev–Trinajstić information content (AvgIpc) is 2.16. The zero-order chi connectivity index (χ0) is 11.6. The van der Waals surface area contributed by atoms with Crippen LogP contribution in [0, 0.1) is 15.9 Å². The Labute approximate surface area is 86.8 Å². The van der Waals surface area contributed by atoms with E-state index in [-0.39, 0.29) is 17.4 Å². The van der Waals surface area contributed by atoms with Crippen molar-refractivity contribution in [1.82, 2.24) is 0 Å². The third-order valence-electron chi connectivity index (χ3n) is 2.12. The predicted molar refractivity (Wildman–Crippen MR) is 53.7 cm³/mol. The maximum absolute atomic E-state index is 13.2. The minimum atomic E-state index is -0.714. The lowest BCUT2D eigenvalue weighted by Gasteiger charge is -2.09. The molecule has 0 radical (unpaired) electrons. The van der Waals surface area contributed by atoms with Crippen molar-refractivity contribution in [1.29, 1.82) is 0 Å². The van der Waals surface area contributed by atoms with Crippen LogP contribution in [0.3, 0.4) is 0 Å². The fraction of sp³-hybridized carbons (Fsp3) is 0.400. The summed E-state index contributed by atoms with van der Waals surface area (Å²) in [6.45, 7) is 3.61. The van der Waals surface area contributed by atoms with E-state index in [1.807, 2.05) is 0 Å². The van der Waals surface area contributed by atoms with Gasteiger partial charge in [-0.25, -0.2) is 4.39 Å². The summed E-state index contributed by atoms with van der Waals surface area (Å²) in [7, 11) is 1.33. The lowest BCUT2D eigenvalue weighted by atomic mass is 10.0. The van der Waals surface area contributed by atoms with Crippen molar-refractivity contribution < 1.29 is 14.1 Å². The number of ether oxygens (including phenoxy) is 1. The number of halogens is 1. The Morgan fingerprint density at radius 3 is 2.47 bits per heavy atom. The Hall–Kier alpha value is -1.65. The summed E-state index contributed by atoms with van der Waals surface area (Å²) < 4.78 is 18.0. The van der Waals surface area contributed by atoms with Crippen molar-refractivity contribution in [3.63, 3.8) is 0 Å². The van der Waals surface area contributed by atoms with Gasteiger partial charge in [0.2, 0.25) is 0 Å². The number of nitro benzene ring substituents is 1. The van der Waals surface area contributed by atoms with Crippen LogP contribution < -0.4 is 4.74 Å². The van der Waals surface area contributed by atoms with Crippen LogP contribution in [0.2, 0.25) is 0 Å². The minimum absolute atomic E-state index is 0.0318. The van der Waals surface area contributed by atoms with Crippen molar-refractivity contribution in [3.05, 3.63) is 33.6 Å². The van der Waals surface area contributed by atoms with E-state index >= 15 is 0 Å². The monoisotopic (exact) mass is 213 g/mol. The summed E-state index contributed by atoms with van der Waals surface area (Å²) in [6.07, 6.45) is 0. The summed E-state index contributed by atoms with van der Waals surface area (Å²) in [4.78, 5) is 10.1. The number of nitro groups is 1. The van der Waals surface area contributed by atoms with Crippen LogP contribution in [0.25, 0.3) is 0 Å². The zero-order valence-electron chi connectivity index (χ0n) is 8.78. The van der Waals surface area contributed by atoms with Gasteiger partial charge in [0.05, 0.1) is 18.1 Å². The van der Waals surface area contributed by atoms with E-state index < -0.39 is 10.7 Å². The number of rotatable bonds is 3. The summed E-state index contributed by atoms with van der Waals surface area (Å²) in [6, 6.07) is 2.27. The number of methoxy groups -OCH3 is 1. The van der Waals surface area contributed by atoms with Gasteiger partial charge in [-0.1, -0.05) is 13.8 Å². The van der Waals surface area contributed by atoms with Crippen molar-refractivity contribution in [2.45, 2.75) is 19.8 Å². The van der Waals surface area contributed by atoms with Gasteiger partial charge in [0.1, 0.15) is 0 Å². The Balaban J connectivity index is 3.38. The molecule has 0 saturated carbocycles. The highest BCUT2D eigenvalue weighted by atomic mass is 19.1. The van der Waals surface area contributed by atoms with Crippen LogP contribution in [0.1, 0.15) is 25.3 Å². The van der Waals surface area contributed by atoms with Crippen molar-refractivity contribution in [2.75, 3.05) is 7.11 Å². The Morgan fingerprint density at radius 1 is 1.47 bits per heavy atom. The van der Waals surface area contributed by atoms with Gasteiger partial charge in [-0.2, -0.15) is 0 Å². The fourth-order valence-corrected chi connectivity index (χ4v) is 1.34. The second-order valence-corrected chi connectivity index (χ2v) is 3.46. The second-order valence-electron chi connectivity index (χ2n) is 3.46. The van der Waals surface area contributed by atoms with E-state index in [4.69, 9.17) is 4.74 Å². The van der Waals surface area contributed by atoms with E-state index in [0.717, 1.165) is 6.07 Å². The molecule has 0 aliphatic carbocycles. The van der Waals surface area contributed by atoms with Gasteiger partial charge in [0, 0.05) is 5.56 Å². The third-order valence-corrected chi connectivity index (χ3v) is 2.12. The molecule has 0 spiro atoms. The third kappa shape index (κ3) is 2.23.